The highest BCUT2D eigenvalue weighted by Gasteiger charge is 2.10. The van der Waals surface area contributed by atoms with Crippen molar-refractivity contribution in [3.8, 4) is 24.0 Å². The highest BCUT2D eigenvalue weighted by atomic mass is 16.5. The van der Waals surface area contributed by atoms with Gasteiger partial charge in [-0.05, 0) is 12.1 Å². The molecule has 0 aliphatic rings. The van der Waals surface area contributed by atoms with Crippen LogP contribution in [0.15, 0.2) is 12.1 Å². The standard InChI is InChI=1S/C10H4N3O/c1-14-10-8(5-12)2-7(4-11)3-9(10)6-13/h2-3H,1H2. The van der Waals surface area contributed by atoms with Crippen molar-refractivity contribution >= 4 is 0 Å². The van der Waals surface area contributed by atoms with Crippen LogP contribution in [-0.2, 0) is 0 Å². The molecule has 1 aromatic carbocycles. The minimum absolute atomic E-state index is 0.106. The molecule has 0 aliphatic heterocycles. The van der Waals surface area contributed by atoms with E-state index in [0.717, 1.165) is 0 Å². The maximum absolute atomic E-state index is 8.71. The molecular formula is C10H4N3O. The Morgan fingerprint density at radius 2 is 1.50 bits per heavy atom. The number of nitriles is 3. The molecule has 0 atom stereocenters. The Morgan fingerprint density at radius 1 is 1.00 bits per heavy atom. The average molecular weight is 182 g/mol. The third-order valence-electron chi connectivity index (χ3n) is 1.60. The highest BCUT2D eigenvalue weighted by molar-refractivity contribution is 5.57. The average Bonchev–Trinajstić information content (AvgIpc) is 2.26. The van der Waals surface area contributed by atoms with Crippen LogP contribution in [0.5, 0.6) is 5.75 Å². The third kappa shape index (κ3) is 1.48. The van der Waals surface area contributed by atoms with Gasteiger partial charge in [-0.1, -0.05) is 0 Å². The van der Waals surface area contributed by atoms with Gasteiger partial charge >= 0.3 is 0 Å². The van der Waals surface area contributed by atoms with Gasteiger partial charge in [0.05, 0.1) is 22.8 Å². The van der Waals surface area contributed by atoms with E-state index in [2.05, 4.69) is 11.8 Å². The molecule has 0 unspecified atom stereocenters. The zero-order chi connectivity index (χ0) is 10.6. The highest BCUT2D eigenvalue weighted by Crippen LogP contribution is 2.24. The Bertz CT molecular complexity index is 451. The van der Waals surface area contributed by atoms with Gasteiger partial charge in [-0.25, -0.2) is 0 Å². The van der Waals surface area contributed by atoms with Crippen molar-refractivity contribution in [3.63, 3.8) is 0 Å². The fourth-order valence-corrected chi connectivity index (χ4v) is 1.01. The summed E-state index contributed by atoms with van der Waals surface area (Å²) in [7, 11) is 3.14. The normalized spacial score (nSPS) is 8.14. The zero-order valence-corrected chi connectivity index (χ0v) is 7.11. The molecule has 4 nitrogen and oxygen atoms in total. The van der Waals surface area contributed by atoms with Crippen molar-refractivity contribution < 1.29 is 4.74 Å². The van der Waals surface area contributed by atoms with Crippen molar-refractivity contribution in [1.82, 2.24) is 0 Å². The van der Waals surface area contributed by atoms with Crippen molar-refractivity contribution in [3.05, 3.63) is 35.9 Å². The van der Waals surface area contributed by atoms with Crippen LogP contribution in [0.2, 0.25) is 0 Å². The summed E-state index contributed by atoms with van der Waals surface area (Å²) in [5.41, 5.74) is 0.519. The van der Waals surface area contributed by atoms with E-state index in [4.69, 9.17) is 15.8 Å². The first-order valence-electron chi connectivity index (χ1n) is 3.57. The Kier molecular flexibility index (Phi) is 2.69. The predicted molar refractivity (Wildman–Crippen MR) is 46.6 cm³/mol. The molecule has 14 heavy (non-hydrogen) atoms. The van der Waals surface area contributed by atoms with Gasteiger partial charge in [0.1, 0.15) is 19.2 Å². The summed E-state index contributed by atoms with van der Waals surface area (Å²) in [4.78, 5) is 0. The molecule has 0 heterocycles. The summed E-state index contributed by atoms with van der Waals surface area (Å²) >= 11 is 0. The first-order chi connectivity index (χ1) is 6.76. The van der Waals surface area contributed by atoms with Crippen molar-refractivity contribution in [2.24, 2.45) is 0 Å². The number of hydrogen-bond acceptors (Lipinski definition) is 4. The molecule has 0 N–H and O–H groups in total. The molecule has 65 valence electrons. The molecule has 0 amide bonds. The Balaban J connectivity index is 3.54. The van der Waals surface area contributed by atoms with E-state index in [1.807, 2.05) is 18.2 Å². The SMILES string of the molecule is [CH2]Oc1c(C#N)cc(C#N)cc1C#N. The van der Waals surface area contributed by atoms with E-state index in [1.54, 1.807) is 0 Å². The molecule has 0 saturated heterocycles. The maximum atomic E-state index is 8.71. The van der Waals surface area contributed by atoms with Crippen LogP contribution in [-0.4, -0.2) is 0 Å². The molecule has 0 spiro atoms. The van der Waals surface area contributed by atoms with Gasteiger partial charge in [0, 0.05) is 0 Å². The summed E-state index contributed by atoms with van der Waals surface area (Å²) in [6.07, 6.45) is 0. The van der Waals surface area contributed by atoms with Crippen molar-refractivity contribution in [1.29, 1.82) is 15.8 Å². The number of hydrogen-bond donors (Lipinski definition) is 0. The van der Waals surface area contributed by atoms with Gasteiger partial charge in [0.25, 0.3) is 0 Å². The summed E-state index contributed by atoms with van der Waals surface area (Å²) < 4.78 is 4.65. The first-order valence-corrected chi connectivity index (χ1v) is 3.57. The van der Waals surface area contributed by atoms with E-state index >= 15 is 0 Å². The molecule has 4 heteroatoms. The van der Waals surface area contributed by atoms with Gasteiger partial charge < -0.3 is 4.74 Å². The first kappa shape index (κ1) is 9.58. The molecule has 0 aliphatic carbocycles. The van der Waals surface area contributed by atoms with E-state index in [9.17, 15) is 0 Å². The van der Waals surface area contributed by atoms with Crippen LogP contribution in [0.3, 0.4) is 0 Å². The van der Waals surface area contributed by atoms with Crippen LogP contribution in [0.4, 0.5) is 0 Å². The lowest BCUT2D eigenvalue weighted by Crippen LogP contribution is -1.92. The van der Waals surface area contributed by atoms with Gasteiger partial charge in [-0.3, -0.25) is 0 Å². The van der Waals surface area contributed by atoms with Gasteiger partial charge in [0.2, 0.25) is 0 Å². The van der Waals surface area contributed by atoms with Crippen LogP contribution >= 0.6 is 0 Å². The Hall–Kier alpha value is -2.51. The van der Waals surface area contributed by atoms with Crippen LogP contribution in [0.25, 0.3) is 0 Å². The topological polar surface area (TPSA) is 80.6 Å². The predicted octanol–water partition coefficient (Wildman–Crippen LogP) is 1.47. The second-order valence-electron chi connectivity index (χ2n) is 2.38. The number of rotatable bonds is 1. The van der Waals surface area contributed by atoms with E-state index in [1.165, 1.54) is 12.1 Å². The minimum Gasteiger partial charge on any atom is -0.487 e. The summed E-state index contributed by atoms with van der Waals surface area (Å²) in [6, 6.07) is 8.20. The molecular weight excluding hydrogens is 178 g/mol. The zero-order valence-electron chi connectivity index (χ0n) is 7.11. The van der Waals surface area contributed by atoms with E-state index in [-0.39, 0.29) is 22.4 Å². The summed E-state index contributed by atoms with van der Waals surface area (Å²) in [5.74, 6) is 0.106. The quantitative estimate of drug-likeness (QED) is 0.658. The van der Waals surface area contributed by atoms with Gasteiger partial charge in [0.15, 0.2) is 5.75 Å². The van der Waals surface area contributed by atoms with Crippen LogP contribution in [0.1, 0.15) is 16.7 Å². The molecule has 1 aromatic rings. The number of nitrogens with zero attached hydrogens (tertiary/aromatic N) is 3. The molecule has 0 bridgehead atoms. The lowest BCUT2D eigenvalue weighted by molar-refractivity contribution is 0.470. The molecule has 0 fully saturated rings. The van der Waals surface area contributed by atoms with Gasteiger partial charge in [-0.2, -0.15) is 15.8 Å². The Labute approximate surface area is 81.2 Å². The maximum Gasteiger partial charge on any atom is 0.155 e. The van der Waals surface area contributed by atoms with Gasteiger partial charge in [-0.15, -0.1) is 0 Å². The smallest absolute Gasteiger partial charge is 0.155 e. The largest absolute Gasteiger partial charge is 0.487 e. The number of benzene rings is 1. The Morgan fingerprint density at radius 3 is 1.79 bits per heavy atom. The second kappa shape index (κ2) is 3.94. The van der Waals surface area contributed by atoms with Crippen molar-refractivity contribution in [2.45, 2.75) is 0 Å². The monoisotopic (exact) mass is 182 g/mol. The van der Waals surface area contributed by atoms with E-state index in [0.29, 0.717) is 0 Å². The lowest BCUT2D eigenvalue weighted by Gasteiger charge is -2.03. The van der Waals surface area contributed by atoms with Crippen LogP contribution < -0.4 is 4.74 Å². The molecule has 0 saturated carbocycles. The third-order valence-corrected chi connectivity index (χ3v) is 1.60. The van der Waals surface area contributed by atoms with Crippen molar-refractivity contribution in [2.75, 3.05) is 0 Å². The lowest BCUT2D eigenvalue weighted by atomic mass is 10.1. The number of ether oxygens (including phenoxy) is 1. The molecule has 1 rings (SSSR count). The van der Waals surface area contributed by atoms with Crippen LogP contribution in [0, 0.1) is 41.1 Å². The fourth-order valence-electron chi connectivity index (χ4n) is 1.01. The fraction of sp³-hybridized carbons (Fsp3) is 0. The van der Waals surface area contributed by atoms with E-state index < -0.39 is 0 Å². The molecule has 1 radical (unpaired) electrons. The minimum atomic E-state index is 0.106. The molecule has 0 aromatic heterocycles. The summed E-state index contributed by atoms with van der Waals surface area (Å²) in [5, 5.41) is 26.0. The summed E-state index contributed by atoms with van der Waals surface area (Å²) in [6.45, 7) is 0. The second-order valence-corrected chi connectivity index (χ2v) is 2.38.